The van der Waals surface area contributed by atoms with E-state index in [-0.39, 0.29) is 17.2 Å². The molecule has 0 aromatic heterocycles. The van der Waals surface area contributed by atoms with Crippen molar-refractivity contribution >= 4 is 17.5 Å². The molecule has 0 saturated carbocycles. The third kappa shape index (κ3) is 2.91. The van der Waals surface area contributed by atoms with Crippen LogP contribution in [0.1, 0.15) is 17.3 Å². The van der Waals surface area contributed by atoms with Gasteiger partial charge < -0.3 is 10.4 Å². The Morgan fingerprint density at radius 1 is 1.67 bits per heavy atom. The van der Waals surface area contributed by atoms with Crippen molar-refractivity contribution in [2.75, 3.05) is 6.61 Å². The normalized spacial score (nSPS) is 12.3. The number of amides is 1. The molecule has 3 nitrogen and oxygen atoms in total. The molecule has 1 aromatic carbocycles. The smallest absolute Gasteiger partial charge is 0.256 e. The highest BCUT2D eigenvalue weighted by atomic mass is 35.5. The van der Waals surface area contributed by atoms with Crippen LogP contribution in [-0.4, -0.2) is 23.7 Å². The third-order valence-corrected chi connectivity index (χ3v) is 2.16. The van der Waals surface area contributed by atoms with E-state index >= 15 is 0 Å². The van der Waals surface area contributed by atoms with Gasteiger partial charge in [0.25, 0.3) is 5.91 Å². The number of nitrogens with one attached hydrogen (secondary N) is 1. The maximum absolute atomic E-state index is 13.2. The zero-order valence-electron chi connectivity index (χ0n) is 8.13. The highest BCUT2D eigenvalue weighted by molar-refractivity contribution is 6.33. The second kappa shape index (κ2) is 5.09. The minimum absolute atomic E-state index is 0.0534. The summed E-state index contributed by atoms with van der Waals surface area (Å²) in [5, 5.41) is 11.2. The molecule has 0 fully saturated rings. The zero-order valence-corrected chi connectivity index (χ0v) is 8.88. The van der Waals surface area contributed by atoms with E-state index in [0.717, 1.165) is 6.07 Å². The number of rotatable bonds is 3. The van der Waals surface area contributed by atoms with Crippen LogP contribution in [0.3, 0.4) is 0 Å². The van der Waals surface area contributed by atoms with Crippen LogP contribution < -0.4 is 5.32 Å². The standard InChI is InChI=1S/C10H11ClFNO2/c1-6(5-14)13-10(15)9-7(11)3-2-4-8(9)12/h2-4,6,14H,5H2,1H3,(H,13,15)/t6-/m1/s1. The molecule has 0 radical (unpaired) electrons. The Morgan fingerprint density at radius 2 is 2.33 bits per heavy atom. The van der Waals surface area contributed by atoms with Gasteiger partial charge in [0.15, 0.2) is 0 Å². The van der Waals surface area contributed by atoms with Gasteiger partial charge in [-0.05, 0) is 19.1 Å². The van der Waals surface area contributed by atoms with Crippen LogP contribution in [0.15, 0.2) is 18.2 Å². The van der Waals surface area contributed by atoms with E-state index in [4.69, 9.17) is 16.7 Å². The van der Waals surface area contributed by atoms with Crippen molar-refractivity contribution in [1.29, 1.82) is 0 Å². The number of aliphatic hydroxyl groups excluding tert-OH is 1. The SMILES string of the molecule is C[C@H](CO)NC(=O)c1c(F)cccc1Cl. The zero-order chi connectivity index (χ0) is 11.4. The number of carbonyl (C=O) groups is 1. The summed E-state index contributed by atoms with van der Waals surface area (Å²) in [6.45, 7) is 1.39. The summed E-state index contributed by atoms with van der Waals surface area (Å²) in [5.41, 5.74) is -0.195. The lowest BCUT2D eigenvalue weighted by Gasteiger charge is -2.11. The van der Waals surface area contributed by atoms with E-state index in [1.807, 2.05) is 0 Å². The lowest BCUT2D eigenvalue weighted by atomic mass is 10.2. The Morgan fingerprint density at radius 3 is 2.87 bits per heavy atom. The number of benzene rings is 1. The minimum Gasteiger partial charge on any atom is -0.394 e. The molecule has 0 spiro atoms. The molecule has 0 aliphatic heterocycles. The fourth-order valence-electron chi connectivity index (χ4n) is 1.06. The van der Waals surface area contributed by atoms with Crippen molar-refractivity contribution in [3.63, 3.8) is 0 Å². The summed E-state index contributed by atoms with van der Waals surface area (Å²) < 4.78 is 13.2. The predicted octanol–water partition coefficient (Wildman–Crippen LogP) is 1.59. The molecule has 2 N–H and O–H groups in total. The Bertz CT molecular complexity index is 350. The number of halogens is 2. The molecule has 1 rings (SSSR count). The first-order valence-electron chi connectivity index (χ1n) is 4.42. The molecule has 1 aromatic rings. The summed E-state index contributed by atoms with van der Waals surface area (Å²) in [6.07, 6.45) is 0. The Hall–Kier alpha value is -1.13. The molecule has 1 amide bonds. The molecule has 0 heterocycles. The molecular formula is C10H11ClFNO2. The second-order valence-corrected chi connectivity index (χ2v) is 3.56. The minimum atomic E-state index is -0.676. The lowest BCUT2D eigenvalue weighted by Crippen LogP contribution is -2.35. The van der Waals surface area contributed by atoms with Crippen LogP contribution in [0.2, 0.25) is 5.02 Å². The molecule has 0 unspecified atom stereocenters. The maximum Gasteiger partial charge on any atom is 0.256 e. The van der Waals surface area contributed by atoms with Gasteiger partial charge in [0.2, 0.25) is 0 Å². The number of hydrogen-bond donors (Lipinski definition) is 2. The van der Waals surface area contributed by atoms with Crippen LogP contribution in [0.5, 0.6) is 0 Å². The van der Waals surface area contributed by atoms with Crippen LogP contribution >= 0.6 is 11.6 Å². The Kier molecular flexibility index (Phi) is 4.05. The van der Waals surface area contributed by atoms with Crippen molar-refractivity contribution in [1.82, 2.24) is 5.32 Å². The van der Waals surface area contributed by atoms with Crippen molar-refractivity contribution in [2.45, 2.75) is 13.0 Å². The van der Waals surface area contributed by atoms with Crippen molar-refractivity contribution < 1.29 is 14.3 Å². The molecule has 82 valence electrons. The van der Waals surface area contributed by atoms with Gasteiger partial charge in [-0.1, -0.05) is 17.7 Å². The van der Waals surface area contributed by atoms with E-state index in [9.17, 15) is 9.18 Å². The van der Waals surface area contributed by atoms with Gasteiger partial charge >= 0.3 is 0 Å². The highest BCUT2D eigenvalue weighted by Crippen LogP contribution is 2.18. The summed E-state index contributed by atoms with van der Waals surface area (Å²) in [5.74, 6) is -1.30. The average molecular weight is 232 g/mol. The van der Waals surface area contributed by atoms with Gasteiger partial charge in [0, 0.05) is 6.04 Å². The fraction of sp³-hybridized carbons (Fsp3) is 0.300. The largest absolute Gasteiger partial charge is 0.394 e. The highest BCUT2D eigenvalue weighted by Gasteiger charge is 2.16. The topological polar surface area (TPSA) is 49.3 Å². The van der Waals surface area contributed by atoms with Gasteiger partial charge in [-0.25, -0.2) is 4.39 Å². The molecule has 5 heteroatoms. The first-order chi connectivity index (χ1) is 7.06. The molecule has 0 aliphatic carbocycles. The summed E-state index contributed by atoms with van der Waals surface area (Å²) in [6, 6.07) is 3.57. The van der Waals surface area contributed by atoms with E-state index in [0.29, 0.717) is 0 Å². The van der Waals surface area contributed by atoms with E-state index in [1.54, 1.807) is 6.92 Å². The predicted molar refractivity (Wildman–Crippen MR) is 55.4 cm³/mol. The van der Waals surface area contributed by atoms with Gasteiger partial charge in [-0.15, -0.1) is 0 Å². The van der Waals surface area contributed by atoms with E-state index in [2.05, 4.69) is 5.32 Å². The first kappa shape index (κ1) is 11.9. The lowest BCUT2D eigenvalue weighted by molar-refractivity contribution is 0.0918. The van der Waals surface area contributed by atoms with Crippen LogP contribution in [0.25, 0.3) is 0 Å². The molecule has 0 aliphatic rings. The van der Waals surface area contributed by atoms with E-state index < -0.39 is 17.8 Å². The average Bonchev–Trinajstić information content (AvgIpc) is 2.17. The fourth-order valence-corrected chi connectivity index (χ4v) is 1.31. The van der Waals surface area contributed by atoms with Crippen LogP contribution in [0, 0.1) is 5.82 Å². The second-order valence-electron chi connectivity index (χ2n) is 3.15. The molecule has 15 heavy (non-hydrogen) atoms. The van der Waals surface area contributed by atoms with Crippen LogP contribution in [-0.2, 0) is 0 Å². The molecular weight excluding hydrogens is 221 g/mol. The Balaban J connectivity index is 2.91. The van der Waals surface area contributed by atoms with Crippen LogP contribution in [0.4, 0.5) is 4.39 Å². The first-order valence-corrected chi connectivity index (χ1v) is 4.79. The van der Waals surface area contributed by atoms with Gasteiger partial charge in [0.1, 0.15) is 5.82 Å². The van der Waals surface area contributed by atoms with Crippen molar-refractivity contribution in [3.05, 3.63) is 34.6 Å². The summed E-state index contributed by atoms with van der Waals surface area (Å²) in [7, 11) is 0. The Labute approximate surface area is 91.9 Å². The third-order valence-electron chi connectivity index (χ3n) is 1.84. The van der Waals surface area contributed by atoms with Gasteiger partial charge in [0.05, 0.1) is 17.2 Å². The summed E-state index contributed by atoms with van der Waals surface area (Å²) >= 11 is 5.69. The molecule has 1 atom stereocenters. The summed E-state index contributed by atoms with van der Waals surface area (Å²) in [4.78, 5) is 11.5. The van der Waals surface area contributed by atoms with E-state index in [1.165, 1.54) is 12.1 Å². The van der Waals surface area contributed by atoms with Crippen molar-refractivity contribution in [2.24, 2.45) is 0 Å². The number of carbonyl (C=O) groups excluding carboxylic acids is 1. The number of hydrogen-bond acceptors (Lipinski definition) is 2. The molecule has 0 saturated heterocycles. The quantitative estimate of drug-likeness (QED) is 0.830. The van der Waals surface area contributed by atoms with Gasteiger partial charge in [-0.3, -0.25) is 4.79 Å². The number of aliphatic hydroxyl groups is 1. The maximum atomic E-state index is 13.2. The molecule has 0 bridgehead atoms. The monoisotopic (exact) mass is 231 g/mol. The van der Waals surface area contributed by atoms with Crippen molar-refractivity contribution in [3.8, 4) is 0 Å². The van der Waals surface area contributed by atoms with Gasteiger partial charge in [-0.2, -0.15) is 0 Å².